The molecule has 0 aliphatic heterocycles. The number of hydrogen-bond donors (Lipinski definition) is 1. The highest BCUT2D eigenvalue weighted by atomic mass is 36.0. The Morgan fingerprint density at radius 1 is 1.27 bits per heavy atom. The zero-order valence-corrected chi connectivity index (χ0v) is 11.0. The number of H-pyrrole nitrogens is 1. The molecule has 2 aromatic heterocycles. The highest BCUT2D eigenvalue weighted by Crippen LogP contribution is 2.61. The van der Waals surface area contributed by atoms with Gasteiger partial charge in [-0.1, -0.05) is 11.6 Å². The number of rotatable bonds is 0. The lowest BCUT2D eigenvalue weighted by Crippen LogP contribution is -1.73. The predicted molar refractivity (Wildman–Crippen MR) is 66.3 cm³/mol. The second-order valence-electron chi connectivity index (χ2n) is 2.43. The molecule has 8 heteroatoms. The van der Waals surface area contributed by atoms with Crippen molar-refractivity contribution in [3.8, 4) is 0 Å². The van der Waals surface area contributed by atoms with Crippen molar-refractivity contribution in [1.82, 2.24) is 9.97 Å². The van der Waals surface area contributed by atoms with Crippen LogP contribution in [-0.2, 0) is 4.57 Å². The SMILES string of the molecule is Clc1ccnc2[nH]ccc12.O=P(Cl)(Cl)Cl. The normalized spacial score (nSPS) is 10.9. The molecule has 0 amide bonds. The predicted octanol–water partition coefficient (Wildman–Crippen LogP) is 5.03. The Bertz CT molecular complexity index is 486. The minimum atomic E-state index is -3.22. The van der Waals surface area contributed by atoms with E-state index in [-0.39, 0.29) is 0 Å². The number of hydrogen-bond acceptors (Lipinski definition) is 2. The molecule has 2 heterocycles. The Morgan fingerprint density at radius 2 is 1.87 bits per heavy atom. The largest absolute Gasteiger partial charge is 0.346 e. The summed E-state index contributed by atoms with van der Waals surface area (Å²) in [4.78, 5) is 7.03. The van der Waals surface area contributed by atoms with Crippen molar-refractivity contribution in [2.75, 3.05) is 0 Å². The molecule has 0 saturated heterocycles. The first-order valence-corrected chi connectivity index (χ1v) is 8.44. The first-order valence-electron chi connectivity index (χ1n) is 3.64. The maximum atomic E-state index is 9.51. The van der Waals surface area contributed by atoms with Gasteiger partial charge in [0.15, 0.2) is 0 Å². The van der Waals surface area contributed by atoms with E-state index in [1.54, 1.807) is 12.3 Å². The number of fused-ring (bicyclic) bond motifs is 1. The molecule has 0 fully saturated rings. The summed E-state index contributed by atoms with van der Waals surface area (Å²) < 4.78 is 9.51. The summed E-state index contributed by atoms with van der Waals surface area (Å²) in [5, 5.41) is -1.50. The summed E-state index contributed by atoms with van der Waals surface area (Å²) in [5.74, 6) is 0. The number of halogens is 4. The summed E-state index contributed by atoms with van der Waals surface area (Å²) >= 11 is 19.7. The smallest absolute Gasteiger partial charge is 0.339 e. The first-order chi connectivity index (χ1) is 6.88. The van der Waals surface area contributed by atoms with E-state index in [9.17, 15) is 4.57 Å². The molecule has 0 aliphatic rings. The van der Waals surface area contributed by atoms with E-state index in [1.165, 1.54) is 0 Å². The molecule has 0 saturated carbocycles. The lowest BCUT2D eigenvalue weighted by Gasteiger charge is -1.89. The third-order valence-corrected chi connectivity index (χ3v) is 1.74. The van der Waals surface area contributed by atoms with Crippen LogP contribution in [0.4, 0.5) is 0 Å². The monoisotopic (exact) mass is 304 g/mol. The van der Waals surface area contributed by atoms with Gasteiger partial charge in [-0.15, -0.1) is 0 Å². The van der Waals surface area contributed by atoms with E-state index >= 15 is 0 Å². The van der Waals surface area contributed by atoms with E-state index in [0.29, 0.717) is 0 Å². The van der Waals surface area contributed by atoms with Crippen molar-refractivity contribution in [1.29, 1.82) is 0 Å². The fourth-order valence-corrected chi connectivity index (χ4v) is 1.14. The summed E-state index contributed by atoms with van der Waals surface area (Å²) in [6.45, 7) is 0. The molecule has 82 valence electrons. The van der Waals surface area contributed by atoms with Crippen LogP contribution in [0.25, 0.3) is 11.0 Å². The molecule has 1 N–H and O–H groups in total. The van der Waals surface area contributed by atoms with Crippen molar-refractivity contribution in [2.24, 2.45) is 0 Å². The molecule has 3 nitrogen and oxygen atoms in total. The Hall–Kier alpha value is 0.0800. The van der Waals surface area contributed by atoms with Crippen molar-refractivity contribution in [3.05, 3.63) is 29.5 Å². The molecule has 0 bridgehead atoms. The van der Waals surface area contributed by atoms with Crippen LogP contribution in [0, 0.1) is 0 Å². The van der Waals surface area contributed by atoms with Gasteiger partial charge in [-0.2, -0.15) is 0 Å². The summed E-state index contributed by atoms with van der Waals surface area (Å²) in [5.41, 5.74) is 0.840. The lowest BCUT2D eigenvalue weighted by atomic mass is 10.3. The molecule has 0 aromatic carbocycles. The molecule has 0 aliphatic carbocycles. The maximum absolute atomic E-state index is 9.51. The number of nitrogens with zero attached hydrogens (tertiary/aromatic N) is 1. The quantitative estimate of drug-likeness (QED) is 0.694. The van der Waals surface area contributed by atoms with Crippen molar-refractivity contribution in [3.63, 3.8) is 0 Å². The van der Waals surface area contributed by atoms with Crippen molar-refractivity contribution < 1.29 is 4.57 Å². The minimum absolute atomic E-state index is 0.742. The number of pyridine rings is 1. The number of aromatic nitrogens is 2. The molecule has 0 unspecified atom stereocenters. The van der Waals surface area contributed by atoms with Gasteiger partial charge in [0.1, 0.15) is 5.65 Å². The van der Waals surface area contributed by atoms with Gasteiger partial charge in [-0.3, -0.25) is 4.57 Å². The summed E-state index contributed by atoms with van der Waals surface area (Å²) in [7, 11) is 0. The first kappa shape index (κ1) is 13.1. The molecule has 0 atom stereocenters. The van der Waals surface area contributed by atoms with Crippen molar-refractivity contribution in [2.45, 2.75) is 0 Å². The van der Waals surface area contributed by atoms with Gasteiger partial charge in [0.2, 0.25) is 0 Å². The van der Waals surface area contributed by atoms with Crippen LogP contribution >= 0.6 is 50.5 Å². The van der Waals surface area contributed by atoms with E-state index < -0.39 is 5.20 Å². The topological polar surface area (TPSA) is 45.8 Å². The average Bonchev–Trinajstić information content (AvgIpc) is 2.49. The van der Waals surface area contributed by atoms with E-state index in [4.69, 9.17) is 11.6 Å². The van der Waals surface area contributed by atoms with Gasteiger partial charge in [0.25, 0.3) is 0 Å². The van der Waals surface area contributed by atoms with Crippen LogP contribution in [0.5, 0.6) is 0 Å². The minimum Gasteiger partial charge on any atom is -0.346 e. The van der Waals surface area contributed by atoms with Gasteiger partial charge in [-0.05, 0) is 45.9 Å². The second-order valence-corrected chi connectivity index (χ2v) is 9.48. The molecule has 2 aromatic rings. The molecule has 15 heavy (non-hydrogen) atoms. The van der Waals surface area contributed by atoms with Gasteiger partial charge in [-0.25, -0.2) is 4.98 Å². The Labute approximate surface area is 105 Å². The van der Waals surface area contributed by atoms with Crippen molar-refractivity contribution >= 4 is 61.6 Å². The van der Waals surface area contributed by atoms with Crippen LogP contribution in [0.3, 0.4) is 0 Å². The number of aromatic amines is 1. The Balaban J connectivity index is 0.000000195. The summed E-state index contributed by atoms with van der Waals surface area (Å²) in [6.07, 6.45) is 3.50. The van der Waals surface area contributed by atoms with Crippen LogP contribution in [-0.4, -0.2) is 9.97 Å². The fourth-order valence-electron chi connectivity index (χ4n) is 0.927. The van der Waals surface area contributed by atoms with E-state index in [0.717, 1.165) is 16.1 Å². The third-order valence-electron chi connectivity index (χ3n) is 1.41. The van der Waals surface area contributed by atoms with Crippen LogP contribution in [0.2, 0.25) is 5.02 Å². The van der Waals surface area contributed by atoms with Gasteiger partial charge in [0, 0.05) is 17.8 Å². The second kappa shape index (κ2) is 5.42. The molecular formula is C7H5Cl4N2OP. The van der Waals surface area contributed by atoms with Gasteiger partial charge >= 0.3 is 5.20 Å². The van der Waals surface area contributed by atoms with Gasteiger partial charge < -0.3 is 4.98 Å². The molecular weight excluding hydrogens is 301 g/mol. The van der Waals surface area contributed by atoms with Crippen LogP contribution in [0.15, 0.2) is 24.5 Å². The number of nitrogens with one attached hydrogen (secondary N) is 1. The Kier molecular flexibility index (Phi) is 4.75. The highest BCUT2D eigenvalue weighted by molar-refractivity contribution is 8.24. The average molecular weight is 306 g/mol. The Morgan fingerprint density at radius 3 is 2.40 bits per heavy atom. The lowest BCUT2D eigenvalue weighted by molar-refractivity contribution is 0.600. The van der Waals surface area contributed by atoms with Gasteiger partial charge in [0.05, 0.1) is 5.02 Å². The van der Waals surface area contributed by atoms with Crippen LogP contribution in [0.1, 0.15) is 0 Å². The zero-order valence-electron chi connectivity index (χ0n) is 7.12. The molecule has 0 radical (unpaired) electrons. The molecule has 0 spiro atoms. The third kappa shape index (κ3) is 5.10. The van der Waals surface area contributed by atoms with E-state index in [2.05, 4.69) is 43.7 Å². The highest BCUT2D eigenvalue weighted by Gasteiger charge is 2.03. The standard InChI is InChI=1S/C7H5ClN2.Cl3OP/c8-6-2-4-10-7-5(6)1-3-9-7;1-5(2,3)4/h1-4H,(H,9,10);. The fraction of sp³-hybridized carbons (Fsp3) is 0. The molecule has 2 rings (SSSR count). The summed E-state index contributed by atoms with van der Waals surface area (Å²) in [6, 6.07) is 3.68. The van der Waals surface area contributed by atoms with Crippen LogP contribution < -0.4 is 0 Å². The zero-order chi connectivity index (χ0) is 11.5. The van der Waals surface area contributed by atoms with E-state index in [1.807, 2.05) is 12.3 Å². The maximum Gasteiger partial charge on any atom is 0.339 e.